The van der Waals surface area contributed by atoms with Crippen LogP contribution in [0.25, 0.3) is 6.08 Å². The number of piperazine rings is 1. The summed E-state index contributed by atoms with van der Waals surface area (Å²) in [7, 11) is 2.12. The molecular formula is C20H21Cl2N3O. The summed E-state index contributed by atoms with van der Waals surface area (Å²) in [5.41, 5.74) is 2.69. The molecule has 1 fully saturated rings. The number of rotatable bonds is 4. The minimum Gasteiger partial charge on any atom is -0.367 e. The summed E-state index contributed by atoms with van der Waals surface area (Å²) < 4.78 is 0. The number of hydrogen-bond donors (Lipinski definition) is 1. The van der Waals surface area contributed by atoms with Gasteiger partial charge < -0.3 is 15.1 Å². The van der Waals surface area contributed by atoms with Crippen LogP contribution in [0.5, 0.6) is 0 Å². The van der Waals surface area contributed by atoms with Gasteiger partial charge in [0.25, 0.3) is 0 Å². The fraction of sp³-hybridized carbons (Fsp3) is 0.250. The molecule has 1 saturated heterocycles. The Bertz CT molecular complexity index is 814. The maximum atomic E-state index is 12.3. The van der Waals surface area contributed by atoms with E-state index in [1.807, 2.05) is 30.3 Å². The van der Waals surface area contributed by atoms with Crippen molar-refractivity contribution in [3.63, 3.8) is 0 Å². The van der Waals surface area contributed by atoms with E-state index in [1.165, 1.54) is 6.08 Å². The fourth-order valence-corrected chi connectivity index (χ4v) is 3.17. The third kappa shape index (κ3) is 4.79. The van der Waals surface area contributed by atoms with E-state index < -0.39 is 0 Å². The van der Waals surface area contributed by atoms with Crippen molar-refractivity contribution in [1.82, 2.24) is 4.90 Å². The number of carbonyl (C=O) groups excluding carboxylic acids is 1. The van der Waals surface area contributed by atoms with Gasteiger partial charge in [0.15, 0.2) is 0 Å². The molecular weight excluding hydrogens is 369 g/mol. The van der Waals surface area contributed by atoms with Crippen molar-refractivity contribution in [3.8, 4) is 0 Å². The Kier molecular flexibility index (Phi) is 6.20. The molecule has 136 valence electrons. The highest BCUT2D eigenvalue weighted by Crippen LogP contribution is 2.27. The molecule has 0 atom stereocenters. The van der Waals surface area contributed by atoms with Crippen LogP contribution in [0.15, 0.2) is 48.5 Å². The highest BCUT2D eigenvalue weighted by Gasteiger charge is 2.17. The van der Waals surface area contributed by atoms with Gasteiger partial charge in [-0.1, -0.05) is 41.4 Å². The molecule has 1 amide bonds. The van der Waals surface area contributed by atoms with E-state index in [2.05, 4.69) is 22.2 Å². The van der Waals surface area contributed by atoms with Crippen molar-refractivity contribution >= 4 is 46.6 Å². The number of likely N-dealkylation sites (N-methyl/N-ethyl adjacent to an activating group) is 1. The van der Waals surface area contributed by atoms with E-state index in [0.717, 1.165) is 43.1 Å². The highest BCUT2D eigenvalue weighted by atomic mass is 35.5. The zero-order valence-corrected chi connectivity index (χ0v) is 16.1. The summed E-state index contributed by atoms with van der Waals surface area (Å²) >= 11 is 11.9. The van der Waals surface area contributed by atoms with Crippen LogP contribution in [-0.2, 0) is 4.79 Å². The van der Waals surface area contributed by atoms with Gasteiger partial charge in [0, 0.05) is 32.3 Å². The maximum Gasteiger partial charge on any atom is 0.248 e. The number of carbonyl (C=O) groups is 1. The number of halogens is 2. The molecule has 6 heteroatoms. The fourth-order valence-electron chi connectivity index (χ4n) is 2.86. The lowest BCUT2D eigenvalue weighted by molar-refractivity contribution is -0.111. The van der Waals surface area contributed by atoms with Crippen LogP contribution in [0.3, 0.4) is 0 Å². The molecule has 0 unspecified atom stereocenters. The van der Waals surface area contributed by atoms with E-state index in [1.54, 1.807) is 18.2 Å². The van der Waals surface area contributed by atoms with E-state index in [0.29, 0.717) is 10.0 Å². The van der Waals surface area contributed by atoms with Gasteiger partial charge in [-0.05, 0) is 43.0 Å². The summed E-state index contributed by atoms with van der Waals surface area (Å²) in [6.45, 7) is 3.92. The smallest absolute Gasteiger partial charge is 0.248 e. The quantitative estimate of drug-likeness (QED) is 0.787. The average Bonchev–Trinajstić information content (AvgIpc) is 2.64. The SMILES string of the molecule is CN1CCN(c2ccccc2NC(=O)/C=C/c2ccc(Cl)c(Cl)c2)CC1. The zero-order valence-electron chi connectivity index (χ0n) is 14.6. The first-order chi connectivity index (χ1) is 12.5. The maximum absolute atomic E-state index is 12.3. The van der Waals surface area contributed by atoms with Crippen molar-refractivity contribution in [2.24, 2.45) is 0 Å². The summed E-state index contributed by atoms with van der Waals surface area (Å²) in [5, 5.41) is 3.94. The largest absolute Gasteiger partial charge is 0.367 e. The lowest BCUT2D eigenvalue weighted by atomic mass is 10.2. The molecule has 3 rings (SSSR count). The van der Waals surface area contributed by atoms with Gasteiger partial charge in [0.1, 0.15) is 0 Å². The monoisotopic (exact) mass is 389 g/mol. The van der Waals surface area contributed by atoms with Gasteiger partial charge in [0.2, 0.25) is 5.91 Å². The predicted molar refractivity (Wildman–Crippen MR) is 110 cm³/mol. The van der Waals surface area contributed by atoms with Gasteiger partial charge in [-0.15, -0.1) is 0 Å². The first-order valence-electron chi connectivity index (χ1n) is 8.49. The topological polar surface area (TPSA) is 35.6 Å². The molecule has 0 spiro atoms. The average molecular weight is 390 g/mol. The van der Waals surface area contributed by atoms with Gasteiger partial charge in [0.05, 0.1) is 21.4 Å². The van der Waals surface area contributed by atoms with Crippen molar-refractivity contribution in [2.45, 2.75) is 0 Å². The second-order valence-corrected chi connectivity index (χ2v) is 7.12. The second kappa shape index (κ2) is 8.58. The minimum absolute atomic E-state index is 0.183. The predicted octanol–water partition coefficient (Wildman–Crippen LogP) is 4.40. The summed E-state index contributed by atoms with van der Waals surface area (Å²) in [5.74, 6) is -0.183. The van der Waals surface area contributed by atoms with Crippen LogP contribution in [0.4, 0.5) is 11.4 Å². The van der Waals surface area contributed by atoms with E-state index >= 15 is 0 Å². The number of anilines is 2. The number of nitrogens with zero attached hydrogens (tertiary/aromatic N) is 2. The van der Waals surface area contributed by atoms with E-state index in [9.17, 15) is 4.79 Å². The second-order valence-electron chi connectivity index (χ2n) is 6.30. The van der Waals surface area contributed by atoms with E-state index in [-0.39, 0.29) is 5.91 Å². The molecule has 4 nitrogen and oxygen atoms in total. The number of benzene rings is 2. The van der Waals surface area contributed by atoms with Gasteiger partial charge in [-0.3, -0.25) is 4.79 Å². The Balaban J connectivity index is 1.69. The van der Waals surface area contributed by atoms with Gasteiger partial charge >= 0.3 is 0 Å². The minimum atomic E-state index is -0.183. The van der Waals surface area contributed by atoms with Crippen molar-refractivity contribution in [1.29, 1.82) is 0 Å². The molecule has 0 saturated carbocycles. The lowest BCUT2D eigenvalue weighted by Gasteiger charge is -2.35. The molecule has 1 aliphatic rings. The standard InChI is InChI=1S/C20H21Cl2N3O/c1-24-10-12-25(13-11-24)19-5-3-2-4-18(19)23-20(26)9-7-15-6-8-16(21)17(22)14-15/h2-9,14H,10-13H2,1H3,(H,23,26)/b9-7+. The van der Waals surface area contributed by atoms with Crippen LogP contribution in [0.2, 0.25) is 10.0 Å². The third-order valence-electron chi connectivity index (χ3n) is 4.38. The Hall–Kier alpha value is -2.01. The zero-order chi connectivity index (χ0) is 18.5. The van der Waals surface area contributed by atoms with Crippen molar-refractivity contribution in [3.05, 3.63) is 64.1 Å². The summed E-state index contributed by atoms with van der Waals surface area (Å²) in [4.78, 5) is 16.9. The molecule has 0 radical (unpaired) electrons. The Labute approximate surface area is 164 Å². The molecule has 1 aliphatic heterocycles. The normalized spacial score (nSPS) is 15.4. The molecule has 1 N–H and O–H groups in total. The molecule has 1 heterocycles. The Morgan fingerprint density at radius 3 is 2.50 bits per heavy atom. The van der Waals surface area contributed by atoms with Crippen molar-refractivity contribution in [2.75, 3.05) is 43.4 Å². The van der Waals surface area contributed by atoms with Crippen molar-refractivity contribution < 1.29 is 4.79 Å². The number of nitrogens with one attached hydrogen (secondary N) is 1. The van der Waals surface area contributed by atoms with Crippen LogP contribution < -0.4 is 10.2 Å². The van der Waals surface area contributed by atoms with Crippen LogP contribution in [0.1, 0.15) is 5.56 Å². The molecule has 0 aromatic heterocycles. The molecule has 2 aromatic carbocycles. The molecule has 2 aromatic rings. The summed E-state index contributed by atoms with van der Waals surface area (Å²) in [6.07, 6.45) is 3.22. The Morgan fingerprint density at radius 1 is 1.04 bits per heavy atom. The number of amides is 1. The third-order valence-corrected chi connectivity index (χ3v) is 5.12. The number of hydrogen-bond acceptors (Lipinski definition) is 3. The first kappa shape index (κ1) is 18.8. The first-order valence-corrected chi connectivity index (χ1v) is 9.25. The molecule has 0 aliphatic carbocycles. The van der Waals surface area contributed by atoms with Crippen LogP contribution >= 0.6 is 23.2 Å². The van der Waals surface area contributed by atoms with Crippen LogP contribution in [-0.4, -0.2) is 44.0 Å². The van der Waals surface area contributed by atoms with E-state index in [4.69, 9.17) is 23.2 Å². The molecule has 0 bridgehead atoms. The van der Waals surface area contributed by atoms with Crippen LogP contribution in [0, 0.1) is 0 Å². The number of para-hydroxylation sites is 2. The summed E-state index contributed by atoms with van der Waals surface area (Å²) in [6, 6.07) is 13.2. The Morgan fingerprint density at radius 2 is 1.77 bits per heavy atom. The van der Waals surface area contributed by atoms with Gasteiger partial charge in [-0.2, -0.15) is 0 Å². The lowest BCUT2D eigenvalue weighted by Crippen LogP contribution is -2.44. The molecule has 26 heavy (non-hydrogen) atoms. The highest BCUT2D eigenvalue weighted by molar-refractivity contribution is 6.42. The van der Waals surface area contributed by atoms with Gasteiger partial charge in [-0.25, -0.2) is 0 Å².